The van der Waals surface area contributed by atoms with E-state index >= 15 is 0 Å². The van der Waals surface area contributed by atoms with Crippen LogP contribution in [-0.4, -0.2) is 52.2 Å². The average molecular weight is 444 g/mol. The Kier molecular flexibility index (Phi) is 5.45. The van der Waals surface area contributed by atoms with Gasteiger partial charge in [-0.25, -0.2) is 18.0 Å². The minimum Gasteiger partial charge on any atom is -0.477 e. The molecule has 1 fully saturated rings. The molecular formula is C21H20N2O7S. The first-order chi connectivity index (χ1) is 14.3. The molecule has 9 nitrogen and oxygen atoms in total. The number of esters is 1. The molecule has 31 heavy (non-hydrogen) atoms. The van der Waals surface area contributed by atoms with Gasteiger partial charge in [0.15, 0.2) is 5.37 Å². The lowest BCUT2D eigenvalue weighted by Crippen LogP contribution is -2.61. The highest BCUT2D eigenvalue weighted by Crippen LogP contribution is 2.45. The fourth-order valence-corrected chi connectivity index (χ4v) is 4.85. The number of pyridine rings is 1. The van der Waals surface area contributed by atoms with Crippen molar-refractivity contribution < 1.29 is 32.6 Å². The number of hydrogen-bond donors (Lipinski definition) is 1. The maximum Gasteiger partial charge on any atom is 0.353 e. The summed E-state index contributed by atoms with van der Waals surface area (Å²) in [5.74, 6) is -3.12. The van der Waals surface area contributed by atoms with Gasteiger partial charge in [0.25, 0.3) is 5.91 Å². The summed E-state index contributed by atoms with van der Waals surface area (Å²) < 4.78 is 31.2. The zero-order valence-electron chi connectivity index (χ0n) is 17.0. The third-order valence-corrected chi connectivity index (χ3v) is 6.35. The second-order valence-corrected chi connectivity index (χ2v) is 9.81. The van der Waals surface area contributed by atoms with Gasteiger partial charge >= 0.3 is 11.9 Å². The lowest BCUT2D eigenvalue weighted by Gasteiger charge is -2.45. The number of sulfone groups is 1. The summed E-state index contributed by atoms with van der Waals surface area (Å²) in [4.78, 5) is 40.8. The van der Waals surface area contributed by atoms with Crippen LogP contribution in [0.3, 0.4) is 0 Å². The number of carboxylic acids is 1. The molecular weight excluding hydrogens is 424 g/mol. The second kappa shape index (κ2) is 7.62. The molecule has 2 aliphatic heterocycles. The molecule has 0 unspecified atom stereocenters. The summed E-state index contributed by atoms with van der Waals surface area (Å²) in [6.45, 7) is 8.45. The van der Waals surface area contributed by atoms with Gasteiger partial charge in [-0.1, -0.05) is 12.6 Å². The Morgan fingerprint density at radius 1 is 1.29 bits per heavy atom. The molecule has 0 spiro atoms. The summed E-state index contributed by atoms with van der Waals surface area (Å²) in [5.41, 5.74) is -1.51. The van der Waals surface area contributed by atoms with Crippen LogP contribution in [0.2, 0.25) is 0 Å². The van der Waals surface area contributed by atoms with Crippen LogP contribution in [0.25, 0.3) is 6.08 Å². The summed E-state index contributed by atoms with van der Waals surface area (Å²) in [6, 6.07) is 4.90. The third-order valence-electron chi connectivity index (χ3n) is 4.39. The number of hydrogen-bond acceptors (Lipinski definition) is 7. The molecule has 3 rings (SSSR count). The highest BCUT2D eigenvalue weighted by Gasteiger charge is 2.57. The average Bonchev–Trinajstić information content (AvgIpc) is 2.66. The van der Waals surface area contributed by atoms with E-state index in [2.05, 4.69) is 11.6 Å². The largest absolute Gasteiger partial charge is 0.477 e. The maximum absolute atomic E-state index is 13.0. The van der Waals surface area contributed by atoms with Crippen LogP contribution in [0.5, 0.6) is 0 Å². The third kappa shape index (κ3) is 4.06. The molecule has 3 heterocycles. The summed E-state index contributed by atoms with van der Waals surface area (Å²) >= 11 is 0. The predicted octanol–water partition coefficient (Wildman–Crippen LogP) is 1.81. The van der Waals surface area contributed by atoms with E-state index in [-0.39, 0.29) is 11.1 Å². The van der Waals surface area contributed by atoms with Crippen LogP contribution in [0, 0.1) is 0 Å². The van der Waals surface area contributed by atoms with E-state index in [1.165, 1.54) is 12.3 Å². The summed E-state index contributed by atoms with van der Waals surface area (Å²) in [5, 5.41) is 8.17. The first-order valence-corrected chi connectivity index (χ1v) is 10.7. The zero-order valence-corrected chi connectivity index (χ0v) is 17.8. The van der Waals surface area contributed by atoms with Crippen LogP contribution in [-0.2, 0) is 29.0 Å². The maximum atomic E-state index is 13.0. The van der Waals surface area contributed by atoms with Crippen molar-refractivity contribution in [3.63, 3.8) is 0 Å². The van der Waals surface area contributed by atoms with Crippen molar-refractivity contribution in [2.75, 3.05) is 0 Å². The molecule has 0 bridgehead atoms. The zero-order chi connectivity index (χ0) is 23.1. The van der Waals surface area contributed by atoms with Gasteiger partial charge in [-0.15, -0.1) is 0 Å². The standard InChI is InChI=1S/C21H20N2O7S/c1-12-14(8-9-16(24)30-21(2,3)4)17(20(26)27)23-18(25)15(19(23)31(12,28)29)11-13-7-5-6-10-22-13/h5-11,19H,1H2,2-4H3,(H,26,27)/t19-/m0/s1. The first kappa shape index (κ1) is 22.2. The lowest BCUT2D eigenvalue weighted by molar-refractivity contribution is -0.148. The molecule has 0 saturated carbocycles. The van der Waals surface area contributed by atoms with E-state index in [0.29, 0.717) is 10.6 Å². The van der Waals surface area contributed by atoms with Crippen LogP contribution < -0.4 is 0 Å². The van der Waals surface area contributed by atoms with Crippen molar-refractivity contribution in [2.45, 2.75) is 31.7 Å². The highest BCUT2D eigenvalue weighted by atomic mass is 32.2. The van der Waals surface area contributed by atoms with Crippen LogP contribution >= 0.6 is 0 Å². The summed E-state index contributed by atoms with van der Waals surface area (Å²) in [7, 11) is -4.21. The number of aromatic nitrogens is 1. The molecule has 1 N–H and O–H groups in total. The van der Waals surface area contributed by atoms with Gasteiger partial charge < -0.3 is 9.84 Å². The van der Waals surface area contributed by atoms with Crippen molar-refractivity contribution in [3.05, 3.63) is 70.6 Å². The topological polar surface area (TPSA) is 131 Å². The Balaban J connectivity index is 2.08. The van der Waals surface area contributed by atoms with Crippen molar-refractivity contribution in [3.8, 4) is 0 Å². The second-order valence-electron chi connectivity index (χ2n) is 7.78. The Labute approximate surface area is 178 Å². The van der Waals surface area contributed by atoms with E-state index in [1.54, 1.807) is 39.0 Å². The Morgan fingerprint density at radius 3 is 2.52 bits per heavy atom. The lowest BCUT2D eigenvalue weighted by atomic mass is 10.00. The molecule has 1 atom stereocenters. The minimum atomic E-state index is -4.21. The van der Waals surface area contributed by atoms with Gasteiger partial charge in [-0.2, -0.15) is 0 Å². The molecule has 1 saturated heterocycles. The molecule has 1 amide bonds. The monoisotopic (exact) mass is 444 g/mol. The van der Waals surface area contributed by atoms with Gasteiger partial charge in [0, 0.05) is 17.8 Å². The van der Waals surface area contributed by atoms with Crippen LogP contribution in [0.1, 0.15) is 26.5 Å². The smallest absolute Gasteiger partial charge is 0.353 e. The molecule has 10 heteroatoms. The molecule has 162 valence electrons. The fourth-order valence-electron chi connectivity index (χ4n) is 3.13. The van der Waals surface area contributed by atoms with Gasteiger partial charge in [-0.05, 0) is 45.1 Å². The number of nitrogens with zero attached hydrogens (tertiary/aromatic N) is 2. The normalized spacial score (nSPS) is 21.8. The van der Waals surface area contributed by atoms with Gasteiger partial charge in [0.05, 0.1) is 16.2 Å². The molecule has 1 aromatic rings. The van der Waals surface area contributed by atoms with Gasteiger partial charge in [0.2, 0.25) is 9.84 Å². The van der Waals surface area contributed by atoms with E-state index in [1.807, 2.05) is 0 Å². The van der Waals surface area contributed by atoms with Gasteiger partial charge in [-0.3, -0.25) is 14.7 Å². The van der Waals surface area contributed by atoms with E-state index in [4.69, 9.17) is 4.74 Å². The van der Waals surface area contributed by atoms with Crippen molar-refractivity contribution in [2.24, 2.45) is 0 Å². The number of rotatable bonds is 4. The number of carboxylic acid groups (broad SMARTS) is 1. The quantitative estimate of drug-likeness (QED) is 0.423. The number of ether oxygens (including phenoxy) is 1. The van der Waals surface area contributed by atoms with E-state index in [9.17, 15) is 27.9 Å². The number of β-lactam (4-membered cyclic amide) rings is 1. The predicted molar refractivity (Wildman–Crippen MR) is 111 cm³/mol. The number of aliphatic carboxylic acids is 1. The number of fused-ring (bicyclic) bond motifs is 1. The van der Waals surface area contributed by atoms with E-state index in [0.717, 1.165) is 12.2 Å². The van der Waals surface area contributed by atoms with Crippen LogP contribution in [0.4, 0.5) is 0 Å². The fraction of sp³-hybridized carbons (Fsp3) is 0.238. The number of carbonyl (C=O) groups is 3. The SMILES string of the molecule is C=C1C(C=CC(=O)OC(C)(C)C)=C(C(=O)O)N2C(=O)C(=Cc3ccccn3)[C@@H]2S1(=O)=O. The van der Waals surface area contributed by atoms with Crippen molar-refractivity contribution in [1.29, 1.82) is 0 Å². The Bertz CT molecular complexity index is 1190. The number of allylic oxidation sites excluding steroid dienone is 2. The van der Waals surface area contributed by atoms with Gasteiger partial charge in [0.1, 0.15) is 11.3 Å². The molecule has 0 aromatic carbocycles. The molecule has 2 aliphatic rings. The summed E-state index contributed by atoms with van der Waals surface area (Å²) in [6.07, 6.45) is 4.67. The highest BCUT2D eigenvalue weighted by molar-refractivity contribution is 7.96. The Morgan fingerprint density at radius 2 is 1.97 bits per heavy atom. The van der Waals surface area contributed by atoms with Crippen molar-refractivity contribution >= 4 is 33.8 Å². The van der Waals surface area contributed by atoms with E-state index < -0.39 is 49.3 Å². The van der Waals surface area contributed by atoms with Crippen molar-refractivity contribution in [1.82, 2.24) is 9.88 Å². The number of amides is 1. The minimum absolute atomic E-state index is 0.117. The molecule has 1 aromatic heterocycles. The number of carbonyl (C=O) groups excluding carboxylic acids is 2. The Hall–Kier alpha value is -3.53. The molecule has 0 aliphatic carbocycles. The molecule has 0 radical (unpaired) electrons. The first-order valence-electron chi connectivity index (χ1n) is 9.12. The van der Waals surface area contributed by atoms with Crippen LogP contribution in [0.15, 0.2) is 64.9 Å².